The Morgan fingerprint density at radius 2 is 1.34 bits per heavy atom. The summed E-state index contributed by atoms with van der Waals surface area (Å²) in [5.41, 5.74) is -0.108. The third-order valence-corrected chi connectivity index (χ3v) is 5.33. The van der Waals surface area contributed by atoms with Crippen LogP contribution < -0.4 is 39.4 Å². The Morgan fingerprint density at radius 1 is 0.862 bits per heavy atom. The molecule has 0 spiro atoms. The van der Waals surface area contributed by atoms with Crippen molar-refractivity contribution >= 4 is 5.97 Å². The molecule has 0 saturated heterocycles. The Balaban J connectivity index is 0.00000784. The van der Waals surface area contributed by atoms with Crippen LogP contribution in [0.15, 0.2) is 24.3 Å². The van der Waals surface area contributed by atoms with Gasteiger partial charge in [0.15, 0.2) is 0 Å². The first kappa shape index (κ1) is 28.5. The summed E-state index contributed by atoms with van der Waals surface area (Å²) in [6.07, 6.45) is 18.7. The summed E-state index contributed by atoms with van der Waals surface area (Å²) < 4.78 is 5.56. The van der Waals surface area contributed by atoms with E-state index < -0.39 is 11.6 Å². The van der Waals surface area contributed by atoms with Gasteiger partial charge in [0, 0.05) is 0 Å². The molecule has 1 aromatic carbocycles. The summed E-state index contributed by atoms with van der Waals surface area (Å²) in [4.78, 5) is 11.1. The predicted molar refractivity (Wildman–Crippen MR) is 116 cm³/mol. The van der Waals surface area contributed by atoms with E-state index in [9.17, 15) is 9.90 Å². The summed E-state index contributed by atoms with van der Waals surface area (Å²) in [5.74, 6) is -0.601. The zero-order chi connectivity index (χ0) is 20.7. The first-order chi connectivity index (χ1) is 13.5. The van der Waals surface area contributed by atoms with Crippen LogP contribution >= 0.6 is 0 Å². The van der Waals surface area contributed by atoms with Gasteiger partial charge in [-0.05, 0) is 44.4 Å². The van der Waals surface area contributed by atoms with E-state index in [2.05, 4.69) is 13.0 Å². The van der Waals surface area contributed by atoms with Crippen LogP contribution in [0.4, 0.5) is 0 Å². The Morgan fingerprint density at radius 3 is 1.83 bits per heavy atom. The molecule has 0 fully saturated rings. The second-order valence-corrected chi connectivity index (χ2v) is 8.54. The number of carbonyl (C=O) groups is 1. The molecule has 0 atom stereocenters. The largest absolute Gasteiger partial charge is 1.00 e. The number of carboxylic acid groups (broad SMARTS) is 1. The number of ether oxygens (including phenoxy) is 1. The van der Waals surface area contributed by atoms with Crippen molar-refractivity contribution in [2.24, 2.45) is 0 Å². The molecule has 0 aliphatic carbocycles. The molecule has 0 aliphatic rings. The minimum absolute atomic E-state index is 0. The van der Waals surface area contributed by atoms with E-state index in [4.69, 9.17) is 4.74 Å². The Labute approximate surface area is 201 Å². The van der Waals surface area contributed by atoms with Gasteiger partial charge in [-0.1, -0.05) is 96.1 Å². The molecular formula is C25H41NaO3. The van der Waals surface area contributed by atoms with Gasteiger partial charge in [-0.25, -0.2) is 0 Å². The van der Waals surface area contributed by atoms with Crippen molar-refractivity contribution in [2.75, 3.05) is 0 Å². The monoisotopic (exact) mass is 412 g/mol. The maximum absolute atomic E-state index is 11.1. The molecule has 0 aliphatic heterocycles. The van der Waals surface area contributed by atoms with Gasteiger partial charge < -0.3 is 14.6 Å². The number of carbonyl (C=O) groups excluding carboxylic acids is 1. The molecule has 1 aromatic rings. The summed E-state index contributed by atoms with van der Waals surface area (Å²) in [5, 5.41) is 11.1. The normalized spacial score (nSPS) is 11.1. The fourth-order valence-corrected chi connectivity index (χ4v) is 3.45. The maximum atomic E-state index is 11.1. The van der Waals surface area contributed by atoms with Crippen molar-refractivity contribution in [1.29, 1.82) is 0 Å². The van der Waals surface area contributed by atoms with Gasteiger partial charge in [0.1, 0.15) is 11.4 Å². The number of aryl methyl sites for hydroxylation is 1. The summed E-state index contributed by atoms with van der Waals surface area (Å²) in [7, 11) is 0. The van der Waals surface area contributed by atoms with Gasteiger partial charge in [-0.15, -0.1) is 0 Å². The van der Waals surface area contributed by atoms with Crippen LogP contribution in [0.25, 0.3) is 0 Å². The minimum atomic E-state index is -1.31. The van der Waals surface area contributed by atoms with Crippen LogP contribution in [0, 0.1) is 0 Å². The molecule has 0 saturated carbocycles. The topological polar surface area (TPSA) is 49.4 Å². The van der Waals surface area contributed by atoms with E-state index >= 15 is 0 Å². The quantitative estimate of drug-likeness (QED) is 0.292. The number of aliphatic carboxylic acids is 1. The Bertz CT molecular complexity index is 543. The molecule has 3 nitrogen and oxygen atoms in total. The maximum Gasteiger partial charge on any atom is 1.00 e. The van der Waals surface area contributed by atoms with Gasteiger partial charge in [-0.2, -0.15) is 0 Å². The van der Waals surface area contributed by atoms with Crippen LogP contribution in [0.5, 0.6) is 5.75 Å². The molecule has 0 aromatic heterocycles. The van der Waals surface area contributed by atoms with Gasteiger partial charge in [0.2, 0.25) is 0 Å². The average molecular weight is 413 g/mol. The summed E-state index contributed by atoms with van der Waals surface area (Å²) in [6, 6.07) is 7.76. The molecular weight excluding hydrogens is 371 g/mol. The Kier molecular flexibility index (Phi) is 16.9. The molecule has 4 heteroatoms. The van der Waals surface area contributed by atoms with Crippen molar-refractivity contribution in [3.8, 4) is 5.75 Å². The molecule has 0 bridgehead atoms. The Hall–Kier alpha value is -0.510. The third kappa shape index (κ3) is 14.2. The second kappa shape index (κ2) is 17.2. The van der Waals surface area contributed by atoms with Crippen LogP contribution in [-0.2, 0) is 11.2 Å². The molecule has 0 heterocycles. The van der Waals surface area contributed by atoms with E-state index in [1.54, 1.807) is 6.07 Å². The number of unbranched alkanes of at least 4 members (excludes halogenated alkanes) is 12. The molecule has 0 N–H and O–H groups in total. The third-order valence-electron chi connectivity index (χ3n) is 5.33. The molecule has 0 amide bonds. The fraction of sp³-hybridized carbons (Fsp3) is 0.720. The smallest absolute Gasteiger partial charge is 0.546 e. The summed E-state index contributed by atoms with van der Waals surface area (Å²) in [6.45, 7) is 5.30. The van der Waals surface area contributed by atoms with Crippen molar-refractivity contribution in [3.63, 3.8) is 0 Å². The van der Waals surface area contributed by atoms with Crippen LogP contribution in [-0.4, -0.2) is 11.6 Å². The van der Waals surface area contributed by atoms with Crippen molar-refractivity contribution < 1.29 is 44.2 Å². The standard InChI is InChI=1S/C25H42O3.Na/c1-4-5-6-7-8-9-10-11-12-13-14-15-16-18-22-19-17-20-23(21-22)28-25(2,3)24(26)27;/h17,19-21H,4-16,18H2,1-3H3,(H,26,27);/q;+1/p-1. The first-order valence-electron chi connectivity index (χ1n) is 11.4. The molecule has 1 rings (SSSR count). The van der Waals surface area contributed by atoms with Crippen molar-refractivity contribution in [1.82, 2.24) is 0 Å². The van der Waals surface area contributed by atoms with Crippen molar-refractivity contribution in [2.45, 2.75) is 116 Å². The van der Waals surface area contributed by atoms with Gasteiger partial charge >= 0.3 is 29.6 Å². The number of hydrogen-bond acceptors (Lipinski definition) is 3. The van der Waals surface area contributed by atoms with Crippen LogP contribution in [0.3, 0.4) is 0 Å². The first-order valence-corrected chi connectivity index (χ1v) is 11.4. The van der Waals surface area contributed by atoms with Gasteiger partial charge in [0.25, 0.3) is 0 Å². The second-order valence-electron chi connectivity index (χ2n) is 8.54. The molecule has 0 unspecified atom stereocenters. The average Bonchev–Trinajstić information content (AvgIpc) is 2.65. The van der Waals surface area contributed by atoms with E-state index in [0.29, 0.717) is 5.75 Å². The number of benzene rings is 1. The van der Waals surface area contributed by atoms with E-state index in [1.807, 2.05) is 12.1 Å². The zero-order valence-corrected chi connectivity index (χ0v) is 21.4. The fourth-order valence-electron chi connectivity index (χ4n) is 3.45. The number of carboxylic acids is 1. The van der Waals surface area contributed by atoms with Crippen LogP contribution in [0.2, 0.25) is 0 Å². The minimum Gasteiger partial charge on any atom is -0.546 e. The van der Waals surface area contributed by atoms with E-state index in [-0.39, 0.29) is 29.6 Å². The van der Waals surface area contributed by atoms with Crippen LogP contribution in [0.1, 0.15) is 110 Å². The molecule has 0 radical (unpaired) electrons. The summed E-state index contributed by atoms with van der Waals surface area (Å²) >= 11 is 0. The zero-order valence-electron chi connectivity index (χ0n) is 19.4. The molecule has 160 valence electrons. The molecule has 29 heavy (non-hydrogen) atoms. The van der Waals surface area contributed by atoms with Crippen molar-refractivity contribution in [3.05, 3.63) is 29.8 Å². The van der Waals surface area contributed by atoms with E-state index in [0.717, 1.165) is 6.42 Å². The predicted octanol–water partition coefficient (Wildman–Crippen LogP) is 3.23. The number of rotatable bonds is 17. The SMILES string of the molecule is CCCCCCCCCCCCCCCc1cccc(OC(C)(C)C(=O)[O-])c1.[Na+]. The van der Waals surface area contributed by atoms with E-state index in [1.165, 1.54) is 103 Å². The number of hydrogen-bond donors (Lipinski definition) is 0. The van der Waals surface area contributed by atoms with Gasteiger partial charge in [0.05, 0.1) is 5.97 Å². The van der Waals surface area contributed by atoms with Gasteiger partial charge in [-0.3, -0.25) is 0 Å².